The molecule has 0 spiro atoms. The topological polar surface area (TPSA) is 40.5 Å². The van der Waals surface area contributed by atoms with Crippen LogP contribution in [0.15, 0.2) is 30.5 Å². The molecule has 0 saturated carbocycles. The van der Waals surface area contributed by atoms with Gasteiger partial charge in [-0.2, -0.15) is 0 Å². The Bertz CT molecular complexity index is 750. The molecule has 25 heavy (non-hydrogen) atoms. The summed E-state index contributed by atoms with van der Waals surface area (Å²) in [5.41, 5.74) is 1.42. The molecule has 2 rings (SSSR count). The summed E-state index contributed by atoms with van der Waals surface area (Å²) in [6, 6.07) is 8.16. The number of hydrogen-bond acceptors (Lipinski definition) is 3. The van der Waals surface area contributed by atoms with E-state index in [-0.39, 0.29) is 17.6 Å². The minimum absolute atomic E-state index is 0.00514. The summed E-state index contributed by atoms with van der Waals surface area (Å²) in [5.74, 6) is 0. The Morgan fingerprint density at radius 3 is 2.24 bits per heavy atom. The molecule has 0 radical (unpaired) electrons. The van der Waals surface area contributed by atoms with Crippen LogP contribution in [0.4, 0.5) is 4.79 Å². The Morgan fingerprint density at radius 1 is 1.08 bits per heavy atom. The van der Waals surface area contributed by atoms with Gasteiger partial charge in [0.25, 0.3) is 0 Å². The van der Waals surface area contributed by atoms with Crippen LogP contribution < -0.4 is 0 Å². The smallest absolute Gasteiger partial charge is 0.418 e. The number of ether oxygens (including phenoxy) is 1. The van der Waals surface area contributed by atoms with Crippen LogP contribution >= 0.6 is 0 Å². The molecule has 1 atom stereocenters. The van der Waals surface area contributed by atoms with Crippen LogP contribution in [0, 0.1) is 5.41 Å². The van der Waals surface area contributed by atoms with Gasteiger partial charge in [-0.1, -0.05) is 32.9 Å². The van der Waals surface area contributed by atoms with Gasteiger partial charge in [0.1, 0.15) is 5.60 Å². The molecule has 0 bridgehead atoms. The van der Waals surface area contributed by atoms with Crippen molar-refractivity contribution in [2.75, 3.05) is 0 Å². The summed E-state index contributed by atoms with van der Waals surface area (Å²) < 4.78 is 13.4. The van der Waals surface area contributed by atoms with Crippen molar-refractivity contribution < 1.29 is 14.0 Å². The number of benzene rings is 1. The number of nitrogens with zero attached hydrogens (tertiary/aromatic N) is 1. The van der Waals surface area contributed by atoms with Crippen molar-refractivity contribution in [1.82, 2.24) is 4.57 Å². The lowest BCUT2D eigenvalue weighted by molar-refractivity contribution is 0.0544. The Balaban J connectivity index is 2.47. The van der Waals surface area contributed by atoms with E-state index in [4.69, 9.17) is 9.16 Å². The quantitative estimate of drug-likeness (QED) is 0.677. The molecular weight excluding hydrogens is 330 g/mol. The third-order valence-corrected chi connectivity index (χ3v) is 4.62. The van der Waals surface area contributed by atoms with Gasteiger partial charge in [-0.3, -0.25) is 4.57 Å². The highest BCUT2D eigenvalue weighted by molar-refractivity contribution is 6.48. The van der Waals surface area contributed by atoms with Crippen molar-refractivity contribution in [2.24, 2.45) is 5.41 Å². The van der Waals surface area contributed by atoms with Crippen molar-refractivity contribution >= 4 is 26.0 Å². The summed E-state index contributed by atoms with van der Waals surface area (Å²) in [4.78, 5) is 12.5. The summed E-state index contributed by atoms with van der Waals surface area (Å²) >= 11 is 0. The molecule has 0 saturated heterocycles. The third kappa shape index (κ3) is 4.95. The average molecular weight is 362 g/mol. The van der Waals surface area contributed by atoms with E-state index in [1.54, 1.807) is 10.8 Å². The minimum atomic E-state index is -1.20. The van der Waals surface area contributed by atoms with E-state index in [1.807, 2.05) is 26.8 Å². The predicted octanol–water partition coefficient (Wildman–Crippen LogP) is 5.51. The van der Waals surface area contributed by atoms with E-state index in [0.717, 1.165) is 16.5 Å². The lowest BCUT2D eigenvalue weighted by atomic mass is 9.84. The first-order valence-electron chi connectivity index (χ1n) is 8.88. The van der Waals surface area contributed by atoms with Crippen molar-refractivity contribution in [3.05, 3.63) is 36.0 Å². The van der Waals surface area contributed by atoms with Gasteiger partial charge in [0.15, 0.2) is 9.04 Å². The number of fused-ring (bicyclic) bond motifs is 1. The molecule has 1 aromatic carbocycles. The molecular formula is C20H31NO3Si. The Kier molecular flexibility index (Phi) is 5.49. The largest absolute Gasteiger partial charge is 0.443 e. The highest BCUT2D eigenvalue weighted by Gasteiger charge is 2.28. The Morgan fingerprint density at radius 2 is 1.72 bits per heavy atom. The van der Waals surface area contributed by atoms with E-state index in [1.165, 1.54) is 0 Å². The monoisotopic (exact) mass is 361 g/mol. The van der Waals surface area contributed by atoms with Gasteiger partial charge in [0.05, 0.1) is 11.6 Å². The van der Waals surface area contributed by atoms with E-state index in [9.17, 15) is 4.79 Å². The maximum absolute atomic E-state index is 12.5. The number of hydrogen-bond donors (Lipinski definition) is 0. The summed E-state index contributed by atoms with van der Waals surface area (Å²) in [7, 11) is -1.20. The van der Waals surface area contributed by atoms with Crippen molar-refractivity contribution in [2.45, 2.75) is 66.3 Å². The van der Waals surface area contributed by atoms with E-state index in [0.29, 0.717) is 0 Å². The zero-order valence-electron chi connectivity index (χ0n) is 16.7. The Hall–Kier alpha value is -1.59. The van der Waals surface area contributed by atoms with Gasteiger partial charge < -0.3 is 9.16 Å². The first kappa shape index (κ1) is 19.7. The van der Waals surface area contributed by atoms with Gasteiger partial charge >= 0.3 is 6.09 Å². The average Bonchev–Trinajstić information content (AvgIpc) is 2.84. The lowest BCUT2D eigenvalue weighted by Gasteiger charge is -2.33. The standard InChI is InChI=1S/C20H31NO3Si/c1-19(2,3)17(24-25(7)8)15-10-9-14-11-12-21(16(14)13-15)18(22)23-20(4,5)6/h9-13,17,25H,1-8H3. The summed E-state index contributed by atoms with van der Waals surface area (Å²) in [6.07, 6.45) is 1.42. The minimum Gasteiger partial charge on any atom is -0.443 e. The molecule has 0 aliphatic carbocycles. The predicted molar refractivity (Wildman–Crippen MR) is 106 cm³/mol. The second-order valence-corrected chi connectivity index (χ2v) is 11.3. The number of carbonyl (C=O) groups excluding carboxylic acids is 1. The highest BCUT2D eigenvalue weighted by atomic mass is 28.3. The number of carbonyl (C=O) groups is 1. The third-order valence-electron chi connectivity index (χ3n) is 3.80. The van der Waals surface area contributed by atoms with E-state index in [2.05, 4.69) is 52.1 Å². The van der Waals surface area contributed by atoms with Crippen LogP contribution in [0.2, 0.25) is 13.1 Å². The fourth-order valence-electron chi connectivity index (χ4n) is 2.83. The van der Waals surface area contributed by atoms with Crippen molar-refractivity contribution in [3.63, 3.8) is 0 Å². The Labute approximate surface area is 152 Å². The molecule has 0 amide bonds. The van der Waals surface area contributed by atoms with Gasteiger partial charge in [0, 0.05) is 11.6 Å². The van der Waals surface area contributed by atoms with Crippen molar-refractivity contribution in [3.8, 4) is 0 Å². The summed E-state index contributed by atoms with van der Waals surface area (Å²) in [6.45, 7) is 16.5. The maximum Gasteiger partial charge on any atom is 0.418 e. The van der Waals surface area contributed by atoms with Gasteiger partial charge in [-0.15, -0.1) is 0 Å². The second-order valence-electron chi connectivity index (χ2n) is 8.92. The van der Waals surface area contributed by atoms with E-state index < -0.39 is 14.6 Å². The molecule has 1 unspecified atom stereocenters. The van der Waals surface area contributed by atoms with Crippen LogP contribution in [0.1, 0.15) is 53.2 Å². The van der Waals surface area contributed by atoms with Crippen LogP contribution in [0.3, 0.4) is 0 Å². The van der Waals surface area contributed by atoms with Crippen LogP contribution in [0.5, 0.6) is 0 Å². The van der Waals surface area contributed by atoms with Gasteiger partial charge in [-0.25, -0.2) is 4.79 Å². The molecule has 1 heterocycles. The van der Waals surface area contributed by atoms with Crippen LogP contribution in [-0.2, 0) is 9.16 Å². The van der Waals surface area contributed by atoms with Gasteiger partial charge in [0.2, 0.25) is 0 Å². The first-order chi connectivity index (χ1) is 11.4. The molecule has 1 aromatic heterocycles. The van der Waals surface area contributed by atoms with Crippen LogP contribution in [0.25, 0.3) is 10.9 Å². The second kappa shape index (κ2) is 6.96. The molecule has 0 N–H and O–H groups in total. The number of rotatable bonds is 3. The molecule has 5 heteroatoms. The van der Waals surface area contributed by atoms with Crippen LogP contribution in [-0.4, -0.2) is 25.3 Å². The van der Waals surface area contributed by atoms with E-state index >= 15 is 0 Å². The maximum atomic E-state index is 12.5. The molecule has 138 valence electrons. The first-order valence-corrected chi connectivity index (χ1v) is 11.7. The van der Waals surface area contributed by atoms with Crippen molar-refractivity contribution in [1.29, 1.82) is 0 Å². The lowest BCUT2D eigenvalue weighted by Crippen LogP contribution is -2.27. The summed E-state index contributed by atoms with van der Waals surface area (Å²) in [5, 5.41) is 1.02. The van der Waals surface area contributed by atoms with Gasteiger partial charge in [-0.05, 0) is 57.0 Å². The molecule has 2 aromatic rings. The zero-order chi connectivity index (χ0) is 19.0. The zero-order valence-corrected chi connectivity index (χ0v) is 17.9. The fraction of sp³-hybridized carbons (Fsp3) is 0.550. The SMILES string of the molecule is C[SiH](C)OC(c1ccc2ccn(C(=O)OC(C)(C)C)c2c1)C(C)(C)C. The molecule has 0 aliphatic heterocycles. The molecule has 4 nitrogen and oxygen atoms in total. The fourth-order valence-corrected chi connectivity index (χ4v) is 3.94. The highest BCUT2D eigenvalue weighted by Crippen LogP contribution is 2.37. The molecule has 0 aliphatic rings. The normalized spacial score (nSPS) is 14.1. The molecule has 0 fully saturated rings. The number of aromatic nitrogens is 1.